The van der Waals surface area contributed by atoms with Crippen molar-refractivity contribution in [3.63, 3.8) is 0 Å². The van der Waals surface area contributed by atoms with Crippen molar-refractivity contribution < 1.29 is 22.9 Å². The van der Waals surface area contributed by atoms with Crippen LogP contribution in [0.4, 0.5) is 20.5 Å². The summed E-state index contributed by atoms with van der Waals surface area (Å²) in [6.45, 7) is 1.55. The number of carbonyl (C=O) groups excluding carboxylic acids is 1. The third-order valence-electron chi connectivity index (χ3n) is 5.77. The van der Waals surface area contributed by atoms with Gasteiger partial charge < -0.3 is 14.2 Å². The number of amides is 1. The first-order chi connectivity index (χ1) is 16.8. The van der Waals surface area contributed by atoms with Crippen LogP contribution in [0.2, 0.25) is 5.02 Å². The summed E-state index contributed by atoms with van der Waals surface area (Å²) in [7, 11) is 0. The summed E-state index contributed by atoms with van der Waals surface area (Å²) in [6, 6.07) is 8.98. The molecule has 2 aromatic heterocycles. The number of benzene rings is 2. The molecule has 12 heteroatoms. The van der Waals surface area contributed by atoms with Crippen LogP contribution < -0.4 is 4.90 Å². The lowest BCUT2D eigenvalue weighted by Crippen LogP contribution is -2.49. The molecular weight excluding hydrogens is 484 g/mol. The number of hydrogen-bond acceptors (Lipinski definition) is 7. The molecule has 3 heterocycles. The van der Waals surface area contributed by atoms with E-state index in [-0.39, 0.29) is 16.3 Å². The number of carbonyl (C=O) groups is 1. The predicted molar refractivity (Wildman–Crippen MR) is 123 cm³/mol. The molecule has 0 unspecified atom stereocenters. The van der Waals surface area contributed by atoms with Gasteiger partial charge in [0.2, 0.25) is 0 Å². The second kappa shape index (κ2) is 8.91. The highest BCUT2D eigenvalue weighted by Gasteiger charge is 2.27. The maximum atomic E-state index is 14.3. The summed E-state index contributed by atoms with van der Waals surface area (Å²) >= 11 is 6.47. The van der Waals surface area contributed by atoms with Crippen molar-refractivity contribution in [2.24, 2.45) is 0 Å². The fourth-order valence-electron chi connectivity index (χ4n) is 4.05. The predicted octanol–water partition coefficient (Wildman–Crippen LogP) is 4.69. The van der Waals surface area contributed by atoms with E-state index in [1.807, 2.05) is 4.90 Å². The summed E-state index contributed by atoms with van der Waals surface area (Å²) in [5.41, 5.74) is 1.06. The number of anilines is 1. The SMILES string of the molecule is O=C(c1ccc([N+](=O)[O-])o1)N1CCN(c2ncnc3cc(-c4ccc(F)cc4F)c(Cl)cc23)CC1. The van der Waals surface area contributed by atoms with E-state index in [1.54, 1.807) is 17.0 Å². The fraction of sp³-hybridized carbons (Fsp3) is 0.174. The molecule has 1 fully saturated rings. The van der Waals surface area contributed by atoms with Gasteiger partial charge in [0.15, 0.2) is 5.76 Å². The number of nitrogens with zero attached hydrogens (tertiary/aromatic N) is 5. The minimum Gasteiger partial charge on any atom is -0.395 e. The van der Waals surface area contributed by atoms with Gasteiger partial charge in [-0.3, -0.25) is 14.9 Å². The van der Waals surface area contributed by atoms with Crippen LogP contribution in [0.15, 0.2) is 53.2 Å². The average molecular weight is 500 g/mol. The van der Waals surface area contributed by atoms with Crippen LogP contribution in [0.1, 0.15) is 10.6 Å². The van der Waals surface area contributed by atoms with Crippen molar-refractivity contribution in [1.82, 2.24) is 14.9 Å². The minimum atomic E-state index is -0.733. The van der Waals surface area contributed by atoms with E-state index in [0.29, 0.717) is 48.5 Å². The fourth-order valence-corrected chi connectivity index (χ4v) is 4.31. The quantitative estimate of drug-likeness (QED) is 0.296. The Morgan fingerprint density at radius 3 is 2.49 bits per heavy atom. The summed E-state index contributed by atoms with van der Waals surface area (Å²) in [5, 5.41) is 11.7. The van der Waals surface area contributed by atoms with Gasteiger partial charge in [0.1, 0.15) is 28.7 Å². The Morgan fingerprint density at radius 2 is 1.80 bits per heavy atom. The maximum Gasteiger partial charge on any atom is 0.433 e. The van der Waals surface area contributed by atoms with Gasteiger partial charge in [-0.15, -0.1) is 0 Å². The molecule has 178 valence electrons. The maximum absolute atomic E-state index is 14.3. The second-order valence-electron chi connectivity index (χ2n) is 7.84. The van der Waals surface area contributed by atoms with Gasteiger partial charge in [0, 0.05) is 53.8 Å². The molecule has 1 saturated heterocycles. The number of hydrogen-bond donors (Lipinski definition) is 0. The molecule has 0 spiro atoms. The number of furan rings is 1. The van der Waals surface area contributed by atoms with Crippen LogP contribution in [-0.2, 0) is 0 Å². The molecular formula is C23H16ClF2N5O4. The molecule has 5 rings (SSSR count). The highest BCUT2D eigenvalue weighted by Crippen LogP contribution is 2.36. The van der Waals surface area contributed by atoms with Crippen molar-refractivity contribution in [2.45, 2.75) is 0 Å². The first-order valence-electron chi connectivity index (χ1n) is 10.5. The van der Waals surface area contributed by atoms with E-state index in [0.717, 1.165) is 18.2 Å². The standard InChI is InChI=1S/C23H16ClF2N5O4/c24-17-10-16-19(11-15(17)14-2-1-13(25)9-18(14)26)27-12-28-22(16)29-5-7-30(8-6-29)23(32)20-3-4-21(35-20)31(33)34/h1-4,9-12H,5-8H2. The van der Waals surface area contributed by atoms with E-state index >= 15 is 0 Å². The van der Waals surface area contributed by atoms with Crippen molar-refractivity contribution >= 4 is 40.1 Å². The summed E-state index contributed by atoms with van der Waals surface area (Å²) < 4.78 is 32.7. The van der Waals surface area contributed by atoms with Crippen LogP contribution in [0.25, 0.3) is 22.0 Å². The lowest BCUT2D eigenvalue weighted by Gasteiger charge is -2.35. The monoisotopic (exact) mass is 499 g/mol. The first-order valence-corrected chi connectivity index (χ1v) is 10.9. The zero-order valence-corrected chi connectivity index (χ0v) is 18.7. The molecule has 0 N–H and O–H groups in total. The van der Waals surface area contributed by atoms with Crippen molar-refractivity contribution in [3.05, 3.63) is 81.3 Å². The topological polar surface area (TPSA) is 106 Å². The summed E-state index contributed by atoms with van der Waals surface area (Å²) in [4.78, 5) is 34.9. The average Bonchev–Trinajstić information content (AvgIpc) is 3.34. The summed E-state index contributed by atoms with van der Waals surface area (Å²) in [6.07, 6.45) is 1.38. The number of rotatable bonds is 4. The molecule has 1 aliphatic rings. The van der Waals surface area contributed by atoms with Crippen LogP contribution in [-0.4, -0.2) is 51.9 Å². The number of piperazine rings is 1. The lowest BCUT2D eigenvalue weighted by atomic mass is 10.0. The van der Waals surface area contributed by atoms with Crippen LogP contribution >= 0.6 is 11.6 Å². The lowest BCUT2D eigenvalue weighted by molar-refractivity contribution is -0.402. The Balaban J connectivity index is 1.38. The highest BCUT2D eigenvalue weighted by atomic mass is 35.5. The van der Waals surface area contributed by atoms with E-state index < -0.39 is 28.3 Å². The van der Waals surface area contributed by atoms with E-state index in [9.17, 15) is 23.7 Å². The number of fused-ring (bicyclic) bond motifs is 1. The van der Waals surface area contributed by atoms with Crippen molar-refractivity contribution in [1.29, 1.82) is 0 Å². The molecule has 2 aromatic carbocycles. The van der Waals surface area contributed by atoms with Gasteiger partial charge in [0.05, 0.1) is 11.6 Å². The van der Waals surface area contributed by atoms with Crippen molar-refractivity contribution in [2.75, 3.05) is 31.1 Å². The van der Waals surface area contributed by atoms with Gasteiger partial charge >= 0.3 is 5.88 Å². The van der Waals surface area contributed by atoms with Crippen LogP contribution in [0.3, 0.4) is 0 Å². The minimum absolute atomic E-state index is 0.0926. The number of nitro groups is 1. The highest BCUT2D eigenvalue weighted by molar-refractivity contribution is 6.34. The zero-order chi connectivity index (χ0) is 24.7. The van der Waals surface area contributed by atoms with Crippen LogP contribution in [0, 0.1) is 21.7 Å². The van der Waals surface area contributed by atoms with Gasteiger partial charge in [-0.25, -0.2) is 18.7 Å². The molecule has 35 heavy (non-hydrogen) atoms. The van der Waals surface area contributed by atoms with E-state index in [1.165, 1.54) is 18.5 Å². The largest absolute Gasteiger partial charge is 0.433 e. The molecule has 0 saturated carbocycles. The molecule has 0 atom stereocenters. The molecule has 0 bridgehead atoms. The third kappa shape index (κ3) is 4.26. The Morgan fingerprint density at radius 1 is 1.03 bits per heavy atom. The van der Waals surface area contributed by atoms with Crippen molar-refractivity contribution in [3.8, 4) is 11.1 Å². The van der Waals surface area contributed by atoms with Gasteiger partial charge in [-0.2, -0.15) is 0 Å². The summed E-state index contributed by atoms with van der Waals surface area (Å²) in [5.74, 6) is -1.83. The normalized spacial score (nSPS) is 13.9. The van der Waals surface area contributed by atoms with Gasteiger partial charge in [0.25, 0.3) is 5.91 Å². The zero-order valence-electron chi connectivity index (χ0n) is 18.0. The first kappa shape index (κ1) is 22.7. The van der Waals surface area contributed by atoms with Crippen LogP contribution in [0.5, 0.6) is 0 Å². The van der Waals surface area contributed by atoms with E-state index in [4.69, 9.17) is 16.0 Å². The second-order valence-corrected chi connectivity index (χ2v) is 8.25. The number of aromatic nitrogens is 2. The Bertz CT molecular complexity index is 1470. The smallest absolute Gasteiger partial charge is 0.395 e. The molecule has 9 nitrogen and oxygen atoms in total. The Labute approximate surface area is 201 Å². The Hall–Kier alpha value is -4.12. The Kier molecular flexibility index (Phi) is 5.77. The third-order valence-corrected chi connectivity index (χ3v) is 6.09. The molecule has 0 aliphatic carbocycles. The van der Waals surface area contributed by atoms with E-state index in [2.05, 4.69) is 9.97 Å². The molecule has 1 amide bonds. The van der Waals surface area contributed by atoms with Gasteiger partial charge in [-0.05, 0) is 30.3 Å². The van der Waals surface area contributed by atoms with Gasteiger partial charge in [-0.1, -0.05) is 11.6 Å². The molecule has 1 aliphatic heterocycles. The molecule has 4 aromatic rings. The molecule has 0 radical (unpaired) electrons. The number of halogens is 3.